The summed E-state index contributed by atoms with van der Waals surface area (Å²) in [6.45, 7) is 5.80. The van der Waals surface area contributed by atoms with Crippen LogP contribution in [0.4, 0.5) is 0 Å². The molecule has 12 heteroatoms. The first-order chi connectivity index (χ1) is 19.8. The number of likely N-dealkylation sites (N-methyl/N-ethyl adjacent to an activating group) is 1. The van der Waals surface area contributed by atoms with Gasteiger partial charge >= 0.3 is 0 Å². The smallest absolute Gasteiger partial charge is 0.243 e. The van der Waals surface area contributed by atoms with Gasteiger partial charge in [0.1, 0.15) is 6.04 Å². The van der Waals surface area contributed by atoms with Crippen molar-refractivity contribution in [3.05, 3.63) is 76.1 Å². The Bertz CT molecular complexity index is 1500. The summed E-state index contributed by atoms with van der Waals surface area (Å²) in [4.78, 5) is 17.9. The summed E-state index contributed by atoms with van der Waals surface area (Å²) < 4.78 is 30.1. The van der Waals surface area contributed by atoms with Gasteiger partial charge in [-0.1, -0.05) is 35.0 Å². The van der Waals surface area contributed by atoms with Crippen molar-refractivity contribution in [1.29, 1.82) is 0 Å². The fourth-order valence-corrected chi connectivity index (χ4v) is 7.87. The highest BCUT2D eigenvalue weighted by atomic mass is 35.5. The molecular weight excluding hydrogens is 562 g/mol. The predicted molar refractivity (Wildman–Crippen MR) is 156 cm³/mol. The van der Waals surface area contributed by atoms with Crippen molar-refractivity contribution >= 4 is 27.5 Å². The molecule has 2 aromatic carbocycles. The number of sulfonamides is 1. The molecule has 3 aromatic rings. The molecule has 218 valence electrons. The molecule has 2 aliphatic heterocycles. The molecule has 0 unspecified atom stereocenters. The number of benzene rings is 2. The summed E-state index contributed by atoms with van der Waals surface area (Å²) in [6.07, 6.45) is 5.07. The Hall–Kier alpha value is -2.83. The van der Waals surface area contributed by atoms with Crippen LogP contribution in [0.1, 0.15) is 41.3 Å². The van der Waals surface area contributed by atoms with Gasteiger partial charge in [-0.25, -0.2) is 13.1 Å². The molecule has 0 bridgehead atoms. The Morgan fingerprint density at radius 1 is 1.05 bits per heavy atom. The highest BCUT2D eigenvalue weighted by molar-refractivity contribution is 7.89. The lowest BCUT2D eigenvalue weighted by molar-refractivity contribution is -0.126. The van der Waals surface area contributed by atoms with Gasteiger partial charge in [-0.05, 0) is 67.3 Å². The van der Waals surface area contributed by atoms with E-state index in [-0.39, 0.29) is 36.4 Å². The van der Waals surface area contributed by atoms with Crippen LogP contribution in [0, 0.1) is 0 Å². The third kappa shape index (κ3) is 6.05. The molecule has 1 aromatic heterocycles. The SMILES string of the molecule is CN1CCN(Cc2ccc3c(c2)CCC[C@H]3n2cc(C[C@@H]3C(=O)NCCN3S(=O)(=O)c3ccc(Cl)cc3)nn2)CC1. The standard InChI is InChI=1S/C29H36ClN7O3S/c1-34-13-15-35(16-14-34)19-21-5-10-26-22(17-21)3-2-4-27(26)36-20-24(32-33-36)18-28-29(38)31-11-12-37(28)41(39,40)25-8-6-23(30)7-9-25/h5-10,17,20,27-28H,2-4,11-16,18-19H2,1H3,(H,31,38)/t27-,28-/m1/s1. The number of aromatic nitrogens is 3. The maximum absolute atomic E-state index is 13.5. The van der Waals surface area contributed by atoms with Gasteiger partial charge in [0.2, 0.25) is 15.9 Å². The number of fused-ring (bicyclic) bond motifs is 1. The van der Waals surface area contributed by atoms with Crippen LogP contribution >= 0.6 is 11.6 Å². The number of nitrogens with one attached hydrogen (secondary N) is 1. The number of piperazine rings is 2. The van der Waals surface area contributed by atoms with Crippen molar-refractivity contribution < 1.29 is 13.2 Å². The molecule has 1 N–H and O–H groups in total. The van der Waals surface area contributed by atoms with Crippen LogP contribution in [0.3, 0.4) is 0 Å². The monoisotopic (exact) mass is 597 g/mol. The van der Waals surface area contributed by atoms with E-state index in [1.807, 2.05) is 10.9 Å². The first kappa shape index (κ1) is 28.3. The minimum atomic E-state index is -3.90. The molecule has 2 fully saturated rings. The van der Waals surface area contributed by atoms with Gasteiger partial charge in [0, 0.05) is 63.5 Å². The maximum Gasteiger partial charge on any atom is 0.243 e. The Kier molecular flexibility index (Phi) is 8.15. The number of hydrogen-bond acceptors (Lipinski definition) is 7. The van der Waals surface area contributed by atoms with Gasteiger partial charge in [-0.2, -0.15) is 4.31 Å². The van der Waals surface area contributed by atoms with E-state index in [0.717, 1.165) is 52.0 Å². The second kappa shape index (κ2) is 11.8. The van der Waals surface area contributed by atoms with Crippen LogP contribution in [-0.2, 0) is 34.2 Å². The Morgan fingerprint density at radius 3 is 2.61 bits per heavy atom. The summed E-state index contributed by atoms with van der Waals surface area (Å²) in [5.74, 6) is -0.334. The van der Waals surface area contributed by atoms with E-state index in [2.05, 4.69) is 50.7 Å². The lowest BCUT2D eigenvalue weighted by Gasteiger charge is -2.33. The zero-order valence-electron chi connectivity index (χ0n) is 23.2. The van der Waals surface area contributed by atoms with Gasteiger partial charge < -0.3 is 10.2 Å². The second-order valence-corrected chi connectivity index (χ2v) is 13.6. The summed E-state index contributed by atoms with van der Waals surface area (Å²) in [6, 6.07) is 12.0. The van der Waals surface area contributed by atoms with E-state index in [9.17, 15) is 13.2 Å². The van der Waals surface area contributed by atoms with E-state index in [0.29, 0.717) is 10.7 Å². The fourth-order valence-electron chi connectivity index (χ4n) is 6.15. The molecule has 2 saturated heterocycles. The normalized spacial score (nSPS) is 22.8. The Labute approximate surface area is 246 Å². The molecule has 3 aliphatic rings. The van der Waals surface area contributed by atoms with Crippen molar-refractivity contribution in [2.75, 3.05) is 46.3 Å². The number of nitrogens with zero attached hydrogens (tertiary/aromatic N) is 6. The molecule has 1 aliphatic carbocycles. The highest BCUT2D eigenvalue weighted by Gasteiger charge is 2.39. The molecule has 3 heterocycles. The quantitative estimate of drug-likeness (QED) is 0.446. The van der Waals surface area contributed by atoms with E-state index < -0.39 is 16.1 Å². The largest absolute Gasteiger partial charge is 0.353 e. The van der Waals surface area contributed by atoms with Gasteiger partial charge in [0.25, 0.3) is 0 Å². The minimum absolute atomic E-state index is 0.0618. The third-order valence-electron chi connectivity index (χ3n) is 8.47. The third-order valence-corrected chi connectivity index (χ3v) is 10.6. The summed E-state index contributed by atoms with van der Waals surface area (Å²) in [5, 5.41) is 12.1. The van der Waals surface area contributed by atoms with Gasteiger partial charge in [-0.15, -0.1) is 5.10 Å². The number of amides is 1. The Balaban J connectivity index is 1.18. The maximum atomic E-state index is 13.5. The average molecular weight is 598 g/mol. The van der Waals surface area contributed by atoms with Gasteiger partial charge in [0.15, 0.2) is 0 Å². The van der Waals surface area contributed by atoms with Crippen molar-refractivity contribution in [2.45, 2.75) is 49.2 Å². The number of aryl methyl sites for hydroxylation is 1. The van der Waals surface area contributed by atoms with E-state index in [1.54, 1.807) is 0 Å². The van der Waals surface area contributed by atoms with Crippen LogP contribution in [0.15, 0.2) is 53.6 Å². The summed E-state index contributed by atoms with van der Waals surface area (Å²) >= 11 is 5.96. The first-order valence-electron chi connectivity index (χ1n) is 14.3. The van der Waals surface area contributed by atoms with Crippen LogP contribution in [-0.4, -0.2) is 95.8 Å². The fraction of sp³-hybridized carbons (Fsp3) is 0.483. The lowest BCUT2D eigenvalue weighted by atomic mass is 9.86. The zero-order valence-corrected chi connectivity index (χ0v) is 24.8. The molecule has 1 amide bonds. The zero-order chi connectivity index (χ0) is 28.6. The lowest BCUT2D eigenvalue weighted by Crippen LogP contribution is -2.57. The van der Waals surface area contributed by atoms with Gasteiger partial charge in [-0.3, -0.25) is 9.69 Å². The highest BCUT2D eigenvalue weighted by Crippen LogP contribution is 2.33. The molecule has 6 rings (SSSR count). The minimum Gasteiger partial charge on any atom is -0.353 e. The molecule has 2 atom stereocenters. The van der Waals surface area contributed by atoms with Gasteiger partial charge in [0.05, 0.1) is 16.6 Å². The number of carbonyl (C=O) groups excluding carboxylic acids is 1. The number of rotatable bonds is 7. The van der Waals surface area contributed by atoms with Crippen LogP contribution in [0.2, 0.25) is 5.02 Å². The molecular formula is C29H36ClN7O3S. The molecule has 0 radical (unpaired) electrons. The second-order valence-electron chi connectivity index (χ2n) is 11.3. The number of halogens is 1. The molecule has 0 spiro atoms. The van der Waals surface area contributed by atoms with E-state index >= 15 is 0 Å². The topological polar surface area (TPSA) is 104 Å². The number of hydrogen-bond donors (Lipinski definition) is 1. The molecule has 10 nitrogen and oxygen atoms in total. The van der Waals surface area contributed by atoms with E-state index in [4.69, 9.17) is 11.6 Å². The average Bonchev–Trinajstić information content (AvgIpc) is 3.43. The first-order valence-corrected chi connectivity index (χ1v) is 16.1. The van der Waals surface area contributed by atoms with Crippen molar-refractivity contribution in [3.8, 4) is 0 Å². The predicted octanol–water partition coefficient (Wildman–Crippen LogP) is 2.34. The van der Waals surface area contributed by atoms with Crippen molar-refractivity contribution in [1.82, 2.24) is 34.4 Å². The summed E-state index contributed by atoms with van der Waals surface area (Å²) in [5.41, 5.74) is 4.55. The van der Waals surface area contributed by atoms with E-state index in [1.165, 1.54) is 45.3 Å². The summed E-state index contributed by atoms with van der Waals surface area (Å²) in [7, 11) is -1.72. The molecule has 0 saturated carbocycles. The molecule has 41 heavy (non-hydrogen) atoms. The van der Waals surface area contributed by atoms with Crippen LogP contribution in [0.25, 0.3) is 0 Å². The van der Waals surface area contributed by atoms with Crippen LogP contribution in [0.5, 0.6) is 0 Å². The number of carbonyl (C=O) groups is 1. The van der Waals surface area contributed by atoms with Crippen molar-refractivity contribution in [2.24, 2.45) is 0 Å². The Morgan fingerprint density at radius 2 is 1.83 bits per heavy atom. The van der Waals surface area contributed by atoms with Crippen molar-refractivity contribution in [3.63, 3.8) is 0 Å². The van der Waals surface area contributed by atoms with Crippen LogP contribution < -0.4 is 5.32 Å².